The Kier molecular flexibility index (Phi) is 4.13. The van der Waals surface area contributed by atoms with Gasteiger partial charge in [-0.3, -0.25) is 0 Å². The van der Waals surface area contributed by atoms with E-state index in [2.05, 4.69) is 36.2 Å². The average molecular weight is 272 g/mol. The van der Waals surface area contributed by atoms with Crippen molar-refractivity contribution in [1.82, 2.24) is 4.90 Å². The molecule has 1 aromatic carbocycles. The van der Waals surface area contributed by atoms with Crippen molar-refractivity contribution >= 4 is 0 Å². The second-order valence-electron chi connectivity index (χ2n) is 6.88. The maximum absolute atomic E-state index is 6.25. The zero-order valence-electron chi connectivity index (χ0n) is 12.8. The van der Waals surface area contributed by atoms with Crippen LogP contribution in [0.25, 0.3) is 0 Å². The predicted octanol–water partition coefficient (Wildman–Crippen LogP) is 3.27. The van der Waals surface area contributed by atoms with Crippen molar-refractivity contribution in [2.45, 2.75) is 49.9 Å². The van der Waals surface area contributed by atoms with Crippen LogP contribution in [0.3, 0.4) is 0 Å². The van der Waals surface area contributed by atoms with Crippen LogP contribution in [0.15, 0.2) is 24.3 Å². The number of hydrogen-bond donors (Lipinski definition) is 1. The molecule has 2 aliphatic rings. The lowest BCUT2D eigenvalue weighted by Gasteiger charge is -2.39. The highest BCUT2D eigenvalue weighted by molar-refractivity contribution is 5.38. The van der Waals surface area contributed by atoms with Crippen LogP contribution in [0, 0.1) is 0 Å². The average Bonchev–Trinajstić information content (AvgIpc) is 2.94. The van der Waals surface area contributed by atoms with Crippen LogP contribution in [-0.4, -0.2) is 31.6 Å². The summed E-state index contributed by atoms with van der Waals surface area (Å²) < 4.78 is 0. The summed E-state index contributed by atoms with van der Waals surface area (Å²) in [6, 6.07) is 9.16. The number of likely N-dealkylation sites (N-methyl/N-ethyl adjacent to an activating group) is 1. The van der Waals surface area contributed by atoms with Crippen LogP contribution in [0.2, 0.25) is 0 Å². The molecule has 1 heterocycles. The summed E-state index contributed by atoms with van der Waals surface area (Å²) in [6.45, 7) is 3.25. The predicted molar refractivity (Wildman–Crippen MR) is 85.1 cm³/mol. The largest absolute Gasteiger partial charge is 0.330 e. The second kappa shape index (κ2) is 5.87. The van der Waals surface area contributed by atoms with Crippen molar-refractivity contribution in [3.63, 3.8) is 0 Å². The molecule has 1 saturated carbocycles. The third-order valence-electron chi connectivity index (χ3n) is 5.56. The molecule has 3 rings (SSSR count). The van der Waals surface area contributed by atoms with E-state index in [1.54, 1.807) is 11.1 Å². The molecule has 1 aliphatic heterocycles. The van der Waals surface area contributed by atoms with Gasteiger partial charge in [0.05, 0.1) is 0 Å². The van der Waals surface area contributed by atoms with Crippen molar-refractivity contribution in [3.05, 3.63) is 35.4 Å². The zero-order chi connectivity index (χ0) is 14.0. The molecule has 1 atom stereocenters. The summed E-state index contributed by atoms with van der Waals surface area (Å²) in [4.78, 5) is 2.46. The van der Waals surface area contributed by atoms with Crippen LogP contribution in [0.1, 0.15) is 55.6 Å². The molecule has 2 N–H and O–H groups in total. The highest BCUT2D eigenvalue weighted by Crippen LogP contribution is 2.43. The summed E-state index contributed by atoms with van der Waals surface area (Å²) in [6.07, 6.45) is 7.93. The Morgan fingerprint density at radius 2 is 1.95 bits per heavy atom. The van der Waals surface area contributed by atoms with Crippen LogP contribution < -0.4 is 5.73 Å². The minimum absolute atomic E-state index is 0.260. The molecule has 0 amide bonds. The Morgan fingerprint density at radius 3 is 2.60 bits per heavy atom. The first kappa shape index (κ1) is 14.1. The lowest BCUT2D eigenvalue weighted by molar-refractivity contribution is 0.297. The number of nitrogens with zero attached hydrogens (tertiary/aromatic N) is 1. The van der Waals surface area contributed by atoms with Crippen molar-refractivity contribution < 1.29 is 0 Å². The summed E-state index contributed by atoms with van der Waals surface area (Å²) in [7, 11) is 2.24. The van der Waals surface area contributed by atoms with Gasteiger partial charge in [0.25, 0.3) is 0 Å². The molecule has 1 unspecified atom stereocenters. The van der Waals surface area contributed by atoms with E-state index in [0.717, 1.165) is 6.54 Å². The lowest BCUT2D eigenvalue weighted by atomic mass is 9.67. The number of nitrogens with two attached hydrogens (primary N) is 1. The molecular weight excluding hydrogens is 244 g/mol. The second-order valence-corrected chi connectivity index (χ2v) is 6.88. The monoisotopic (exact) mass is 272 g/mol. The van der Waals surface area contributed by atoms with E-state index < -0.39 is 0 Å². The van der Waals surface area contributed by atoms with Crippen LogP contribution in [-0.2, 0) is 5.41 Å². The minimum Gasteiger partial charge on any atom is -0.330 e. The van der Waals surface area contributed by atoms with E-state index in [9.17, 15) is 0 Å². The Hall–Kier alpha value is -0.860. The van der Waals surface area contributed by atoms with Gasteiger partial charge in [-0.05, 0) is 49.9 Å². The van der Waals surface area contributed by atoms with E-state index in [1.165, 1.54) is 51.6 Å². The van der Waals surface area contributed by atoms with Gasteiger partial charge in [0.1, 0.15) is 0 Å². The molecule has 2 heteroatoms. The molecule has 0 bridgehead atoms. The SMILES string of the molecule is CN1CCC(c2ccccc2C2(CN)CCCCC2)C1. The summed E-state index contributed by atoms with van der Waals surface area (Å²) >= 11 is 0. The standard InChI is InChI=1S/C18H28N2/c1-20-12-9-15(13-20)16-7-3-4-8-17(16)18(14-19)10-5-2-6-11-18/h3-4,7-8,15H,2,5-6,9-14,19H2,1H3. The van der Waals surface area contributed by atoms with Gasteiger partial charge in [0.15, 0.2) is 0 Å². The van der Waals surface area contributed by atoms with E-state index in [0.29, 0.717) is 5.92 Å². The molecule has 1 aliphatic carbocycles. The highest BCUT2D eigenvalue weighted by atomic mass is 15.1. The van der Waals surface area contributed by atoms with Gasteiger partial charge in [-0.15, -0.1) is 0 Å². The van der Waals surface area contributed by atoms with Crippen molar-refractivity contribution in [2.75, 3.05) is 26.7 Å². The van der Waals surface area contributed by atoms with Crippen LogP contribution in [0.5, 0.6) is 0 Å². The van der Waals surface area contributed by atoms with Gasteiger partial charge in [-0.1, -0.05) is 43.5 Å². The van der Waals surface area contributed by atoms with Crippen molar-refractivity contribution in [1.29, 1.82) is 0 Å². The maximum atomic E-state index is 6.25. The van der Waals surface area contributed by atoms with E-state index in [1.807, 2.05) is 0 Å². The molecule has 0 radical (unpaired) electrons. The minimum atomic E-state index is 0.260. The Morgan fingerprint density at radius 1 is 1.20 bits per heavy atom. The topological polar surface area (TPSA) is 29.3 Å². The first-order valence-electron chi connectivity index (χ1n) is 8.23. The number of benzene rings is 1. The van der Waals surface area contributed by atoms with Crippen molar-refractivity contribution in [2.24, 2.45) is 5.73 Å². The third-order valence-corrected chi connectivity index (χ3v) is 5.56. The van der Waals surface area contributed by atoms with Gasteiger partial charge >= 0.3 is 0 Å². The van der Waals surface area contributed by atoms with Gasteiger partial charge < -0.3 is 10.6 Å². The number of likely N-dealkylation sites (tertiary alicyclic amines) is 1. The fourth-order valence-electron chi connectivity index (χ4n) is 4.34. The van der Waals surface area contributed by atoms with E-state index in [-0.39, 0.29) is 5.41 Å². The molecule has 0 spiro atoms. The van der Waals surface area contributed by atoms with Gasteiger partial charge in [0, 0.05) is 18.5 Å². The molecule has 2 fully saturated rings. The molecule has 2 nitrogen and oxygen atoms in total. The molecule has 110 valence electrons. The Balaban J connectivity index is 1.96. The summed E-state index contributed by atoms with van der Waals surface area (Å²) in [5, 5.41) is 0. The Bertz CT molecular complexity index is 448. The highest BCUT2D eigenvalue weighted by Gasteiger charge is 2.36. The maximum Gasteiger partial charge on any atom is 0.00784 e. The van der Waals surface area contributed by atoms with Gasteiger partial charge in [0.2, 0.25) is 0 Å². The van der Waals surface area contributed by atoms with Crippen LogP contribution in [0.4, 0.5) is 0 Å². The zero-order valence-corrected chi connectivity index (χ0v) is 12.8. The van der Waals surface area contributed by atoms with Gasteiger partial charge in [-0.25, -0.2) is 0 Å². The van der Waals surface area contributed by atoms with E-state index >= 15 is 0 Å². The normalized spacial score (nSPS) is 26.8. The summed E-state index contributed by atoms with van der Waals surface area (Å²) in [5.41, 5.74) is 9.67. The van der Waals surface area contributed by atoms with Crippen LogP contribution >= 0.6 is 0 Å². The smallest absolute Gasteiger partial charge is 0.00784 e. The number of hydrogen-bond acceptors (Lipinski definition) is 2. The molecular formula is C18H28N2. The molecule has 1 saturated heterocycles. The molecule has 20 heavy (non-hydrogen) atoms. The summed E-state index contributed by atoms with van der Waals surface area (Å²) in [5.74, 6) is 0.710. The first-order chi connectivity index (χ1) is 9.75. The Labute approximate surface area is 123 Å². The fourth-order valence-corrected chi connectivity index (χ4v) is 4.34. The quantitative estimate of drug-likeness (QED) is 0.915. The van der Waals surface area contributed by atoms with Gasteiger partial charge in [-0.2, -0.15) is 0 Å². The van der Waals surface area contributed by atoms with E-state index in [4.69, 9.17) is 5.73 Å². The lowest BCUT2D eigenvalue weighted by Crippen LogP contribution is -2.38. The van der Waals surface area contributed by atoms with Crippen molar-refractivity contribution in [3.8, 4) is 0 Å². The fraction of sp³-hybridized carbons (Fsp3) is 0.667. The molecule has 0 aromatic heterocycles. The third kappa shape index (κ3) is 2.51. The number of rotatable bonds is 3. The molecule has 1 aromatic rings. The first-order valence-corrected chi connectivity index (χ1v) is 8.23.